The Morgan fingerprint density at radius 3 is 2.57 bits per heavy atom. The molecule has 1 aliphatic carbocycles. The minimum atomic E-state index is -1.07. The molecule has 206 valence electrons. The zero-order valence-electron chi connectivity index (χ0n) is 21.7. The molecule has 0 aromatic rings. The predicted molar refractivity (Wildman–Crippen MR) is 143 cm³/mol. The third-order valence-corrected chi connectivity index (χ3v) is 9.41. The average Bonchev–Trinajstić information content (AvgIpc) is 3.49. The fourth-order valence-electron chi connectivity index (χ4n) is 7.01. The van der Waals surface area contributed by atoms with Crippen LogP contribution in [-0.4, -0.2) is 87.6 Å². The number of halogens is 1. The lowest BCUT2D eigenvalue weighted by Crippen LogP contribution is -2.58. The van der Waals surface area contributed by atoms with Gasteiger partial charge >= 0.3 is 5.97 Å². The predicted octanol–water partition coefficient (Wildman–Crippen LogP) is 3.36. The first kappa shape index (κ1) is 28.3. The molecule has 37 heavy (non-hydrogen) atoms. The number of alkyl halides is 1. The lowest BCUT2D eigenvalue weighted by molar-refractivity contribution is -0.154. The molecule has 4 rings (SSSR count). The molecule has 3 saturated heterocycles. The number of aliphatic hydroxyl groups excluding tert-OH is 1. The largest absolute Gasteiger partial charge is 0.461 e. The van der Waals surface area contributed by atoms with Gasteiger partial charge in [-0.05, 0) is 32.1 Å². The van der Waals surface area contributed by atoms with Crippen LogP contribution in [-0.2, 0) is 23.9 Å². The van der Waals surface area contributed by atoms with Gasteiger partial charge in [0.25, 0.3) is 0 Å². The van der Waals surface area contributed by atoms with Crippen molar-refractivity contribution in [3.63, 3.8) is 0 Å². The number of hydrogen-bond acceptors (Lipinski definition) is 6. The normalized spacial score (nSPS) is 32.9. The standard InChI is InChI=1S/C28H41BrN2O6/c1-3-14-30(19-12-8-7-9-13-19)26(34)24-28-18-20(29)23(37-28)21(27(35)36-17-4-2)22(28)25(33)31(24)15-10-5-6-11-16-32/h3-4,19-24,32H,1-2,5-18H2/t20?,21-,22+,23-,24?,28?/m1/s1. The molecule has 8 nitrogen and oxygen atoms in total. The molecule has 1 spiro atoms. The molecule has 1 N–H and O–H groups in total. The second-order valence-electron chi connectivity index (χ2n) is 10.8. The minimum absolute atomic E-state index is 0.0641. The number of likely N-dealkylation sites (tertiary alicyclic amines) is 1. The van der Waals surface area contributed by atoms with E-state index in [0.29, 0.717) is 25.9 Å². The lowest BCUT2D eigenvalue weighted by atomic mass is 9.70. The van der Waals surface area contributed by atoms with E-state index in [9.17, 15) is 14.4 Å². The lowest BCUT2D eigenvalue weighted by Gasteiger charge is -2.41. The van der Waals surface area contributed by atoms with Crippen molar-refractivity contribution in [3.8, 4) is 0 Å². The Morgan fingerprint density at radius 2 is 1.89 bits per heavy atom. The number of carbonyl (C=O) groups is 3. The van der Waals surface area contributed by atoms with Crippen LogP contribution in [0.25, 0.3) is 0 Å². The average molecular weight is 582 g/mol. The van der Waals surface area contributed by atoms with Gasteiger partial charge in [0.15, 0.2) is 0 Å². The topological polar surface area (TPSA) is 96.4 Å². The Balaban J connectivity index is 1.67. The number of unbranched alkanes of at least 4 members (excludes halogenated alkanes) is 3. The highest BCUT2D eigenvalue weighted by atomic mass is 79.9. The third kappa shape index (κ3) is 5.28. The molecule has 0 aromatic carbocycles. The summed E-state index contributed by atoms with van der Waals surface area (Å²) in [6.45, 7) is 8.57. The SMILES string of the molecule is C=CCOC(=O)[C@H]1[C@@H]2OC3(CC2Br)C(C(=O)N(CC=C)C2CCCCC2)N(CCCCCCO)C(=O)[C@H]13. The van der Waals surface area contributed by atoms with Crippen LogP contribution >= 0.6 is 15.9 Å². The Hall–Kier alpha value is -1.71. The van der Waals surface area contributed by atoms with Crippen molar-refractivity contribution in [2.75, 3.05) is 26.3 Å². The second-order valence-corrected chi connectivity index (χ2v) is 12.0. The van der Waals surface area contributed by atoms with E-state index in [2.05, 4.69) is 29.1 Å². The van der Waals surface area contributed by atoms with Crippen LogP contribution in [0.4, 0.5) is 0 Å². The van der Waals surface area contributed by atoms with Gasteiger partial charge in [-0.25, -0.2) is 0 Å². The maximum Gasteiger partial charge on any atom is 0.312 e. The molecule has 3 heterocycles. The van der Waals surface area contributed by atoms with Crippen molar-refractivity contribution in [3.05, 3.63) is 25.3 Å². The van der Waals surface area contributed by atoms with E-state index in [1.165, 1.54) is 12.5 Å². The van der Waals surface area contributed by atoms with Gasteiger partial charge in [0, 0.05) is 30.6 Å². The van der Waals surface area contributed by atoms with Crippen LogP contribution in [0.15, 0.2) is 25.3 Å². The summed E-state index contributed by atoms with van der Waals surface area (Å²) in [5.41, 5.74) is -1.07. The molecule has 4 aliphatic rings. The molecule has 0 aromatic heterocycles. The first-order valence-electron chi connectivity index (χ1n) is 13.8. The van der Waals surface area contributed by atoms with Gasteiger partial charge in [0.2, 0.25) is 11.8 Å². The second kappa shape index (κ2) is 12.4. The van der Waals surface area contributed by atoms with Gasteiger partial charge in [-0.15, -0.1) is 6.58 Å². The van der Waals surface area contributed by atoms with Crippen molar-refractivity contribution in [2.45, 2.75) is 92.8 Å². The summed E-state index contributed by atoms with van der Waals surface area (Å²) in [6, 6.07) is -0.671. The smallest absolute Gasteiger partial charge is 0.312 e. The molecule has 6 atom stereocenters. The fourth-order valence-corrected chi connectivity index (χ4v) is 7.95. The Bertz CT molecular complexity index is 877. The summed E-state index contributed by atoms with van der Waals surface area (Å²) in [7, 11) is 0. The van der Waals surface area contributed by atoms with Crippen LogP contribution in [0.1, 0.15) is 64.2 Å². The number of rotatable bonds is 13. The van der Waals surface area contributed by atoms with Crippen molar-refractivity contribution < 1.29 is 29.0 Å². The molecule has 9 heteroatoms. The molecular formula is C28H41BrN2O6. The third-order valence-electron chi connectivity index (χ3n) is 8.57. The molecule has 2 bridgehead atoms. The van der Waals surface area contributed by atoms with Gasteiger partial charge in [-0.3, -0.25) is 14.4 Å². The molecule has 3 unspecified atom stereocenters. The number of esters is 1. The fraction of sp³-hybridized carbons (Fsp3) is 0.750. The molecule has 1 saturated carbocycles. The number of fused-ring (bicyclic) bond motifs is 1. The van der Waals surface area contributed by atoms with E-state index in [4.69, 9.17) is 14.6 Å². The van der Waals surface area contributed by atoms with Gasteiger partial charge in [0.1, 0.15) is 18.2 Å². The first-order chi connectivity index (χ1) is 17.9. The zero-order chi connectivity index (χ0) is 26.6. The number of nitrogens with zero attached hydrogens (tertiary/aromatic N) is 2. The van der Waals surface area contributed by atoms with E-state index in [1.54, 1.807) is 11.0 Å². The highest BCUT2D eigenvalue weighted by molar-refractivity contribution is 9.09. The Morgan fingerprint density at radius 1 is 1.16 bits per heavy atom. The highest BCUT2D eigenvalue weighted by Crippen LogP contribution is 2.60. The quantitative estimate of drug-likeness (QED) is 0.155. The highest BCUT2D eigenvalue weighted by Gasteiger charge is 2.77. The van der Waals surface area contributed by atoms with Crippen LogP contribution in [0.3, 0.4) is 0 Å². The number of amides is 2. The molecular weight excluding hydrogens is 540 g/mol. The Labute approximate surface area is 228 Å². The zero-order valence-corrected chi connectivity index (χ0v) is 23.3. The number of carbonyl (C=O) groups excluding carboxylic acids is 3. The summed E-state index contributed by atoms with van der Waals surface area (Å²) in [5.74, 6) is -2.26. The first-order valence-corrected chi connectivity index (χ1v) is 14.7. The van der Waals surface area contributed by atoms with Gasteiger partial charge in [-0.2, -0.15) is 0 Å². The monoisotopic (exact) mass is 580 g/mol. The van der Waals surface area contributed by atoms with E-state index in [0.717, 1.165) is 44.9 Å². The van der Waals surface area contributed by atoms with Gasteiger partial charge in [0.05, 0.1) is 17.9 Å². The van der Waals surface area contributed by atoms with Crippen molar-refractivity contribution in [1.82, 2.24) is 9.80 Å². The van der Waals surface area contributed by atoms with E-state index < -0.39 is 35.6 Å². The Kier molecular flexibility index (Phi) is 9.51. The van der Waals surface area contributed by atoms with Crippen LogP contribution in [0, 0.1) is 11.8 Å². The van der Waals surface area contributed by atoms with Crippen LogP contribution in [0.2, 0.25) is 0 Å². The number of hydrogen-bond donors (Lipinski definition) is 1. The summed E-state index contributed by atoms with van der Waals surface area (Å²) < 4.78 is 12.0. The molecule has 3 aliphatic heterocycles. The van der Waals surface area contributed by atoms with Crippen LogP contribution < -0.4 is 0 Å². The van der Waals surface area contributed by atoms with Crippen molar-refractivity contribution >= 4 is 33.7 Å². The number of ether oxygens (including phenoxy) is 2. The maximum atomic E-state index is 14.4. The summed E-state index contributed by atoms with van der Waals surface area (Å²) >= 11 is 3.70. The minimum Gasteiger partial charge on any atom is -0.461 e. The molecule has 4 fully saturated rings. The van der Waals surface area contributed by atoms with Crippen LogP contribution in [0.5, 0.6) is 0 Å². The van der Waals surface area contributed by atoms with E-state index in [-0.39, 0.29) is 35.9 Å². The number of aliphatic hydroxyl groups is 1. The van der Waals surface area contributed by atoms with E-state index in [1.807, 2.05) is 4.90 Å². The summed E-state index contributed by atoms with van der Waals surface area (Å²) in [6.07, 6.45) is 11.6. The van der Waals surface area contributed by atoms with Gasteiger partial charge in [-0.1, -0.05) is 66.8 Å². The van der Waals surface area contributed by atoms with Crippen molar-refractivity contribution in [2.24, 2.45) is 11.8 Å². The van der Waals surface area contributed by atoms with Crippen molar-refractivity contribution in [1.29, 1.82) is 0 Å². The molecule has 0 radical (unpaired) electrons. The van der Waals surface area contributed by atoms with E-state index >= 15 is 0 Å². The summed E-state index contributed by atoms with van der Waals surface area (Å²) in [5, 5.41) is 9.12. The van der Waals surface area contributed by atoms with Gasteiger partial charge < -0.3 is 24.4 Å². The molecule has 2 amide bonds. The summed E-state index contributed by atoms with van der Waals surface area (Å²) in [4.78, 5) is 45.1. The maximum absolute atomic E-state index is 14.4.